The second-order valence-electron chi connectivity index (χ2n) is 16.0. The van der Waals surface area contributed by atoms with Gasteiger partial charge < -0.3 is 0 Å². The van der Waals surface area contributed by atoms with E-state index in [4.69, 9.17) is 0 Å². The average Bonchev–Trinajstić information content (AvgIpc) is 3.18. The lowest BCUT2D eigenvalue weighted by atomic mass is 9.33. The van der Waals surface area contributed by atoms with Crippen molar-refractivity contribution in [2.75, 3.05) is 0 Å². The van der Waals surface area contributed by atoms with Gasteiger partial charge in [0.1, 0.15) is 0 Å². The average molecular weight is 703 g/mol. The number of benzene rings is 10. The summed E-state index contributed by atoms with van der Waals surface area (Å²) in [5, 5.41) is 13.0. The van der Waals surface area contributed by atoms with Gasteiger partial charge in [0.2, 0.25) is 6.71 Å². The molecule has 1 heteroatoms. The Kier molecular flexibility index (Phi) is 7.72. The van der Waals surface area contributed by atoms with Crippen LogP contribution >= 0.6 is 0 Å². The molecule has 10 rings (SSSR count). The fraction of sp³-hybridized carbons (Fsp3) is 0.111. The molecule has 0 aromatic heterocycles. The van der Waals surface area contributed by atoms with E-state index in [1.54, 1.807) is 0 Å². The third-order valence-electron chi connectivity index (χ3n) is 12.3. The van der Waals surface area contributed by atoms with Crippen LogP contribution in [0.15, 0.2) is 152 Å². The lowest BCUT2D eigenvalue weighted by molar-refractivity contribution is 1.34. The molecule has 0 nitrogen and oxygen atoms in total. The van der Waals surface area contributed by atoms with Crippen LogP contribution in [0.3, 0.4) is 0 Å². The van der Waals surface area contributed by atoms with Gasteiger partial charge in [0.15, 0.2) is 0 Å². The molecule has 0 aliphatic carbocycles. The van der Waals surface area contributed by atoms with Gasteiger partial charge in [-0.15, -0.1) is 0 Å². The molecule has 0 spiro atoms. The predicted molar refractivity (Wildman–Crippen MR) is 242 cm³/mol. The Morgan fingerprint density at radius 3 is 1.31 bits per heavy atom. The van der Waals surface area contributed by atoms with Gasteiger partial charge in [-0.1, -0.05) is 201 Å². The Hall–Kier alpha value is -6.18. The van der Waals surface area contributed by atoms with E-state index in [2.05, 4.69) is 193 Å². The lowest BCUT2D eigenvalue weighted by Gasteiger charge is -2.28. The molecule has 10 aromatic rings. The molecule has 0 unspecified atom stereocenters. The SMILES string of the molecule is Cc1cc(C)c(B(c2c(C)cc(C)cc2C)c2cc(-c3cccc4ccccc34)c3ccc4c(-c5cccc6ccccc56)ccc5ccc2c3c54)c(C)c1. The summed E-state index contributed by atoms with van der Waals surface area (Å²) in [6.07, 6.45) is 0. The molecule has 0 radical (unpaired) electrons. The molecule has 0 aliphatic rings. The molecule has 0 aliphatic heterocycles. The van der Waals surface area contributed by atoms with Crippen LogP contribution in [0.4, 0.5) is 0 Å². The summed E-state index contributed by atoms with van der Waals surface area (Å²) in [4.78, 5) is 0. The van der Waals surface area contributed by atoms with E-state index in [-0.39, 0.29) is 6.71 Å². The van der Waals surface area contributed by atoms with Crippen molar-refractivity contribution >= 4 is 77.0 Å². The van der Waals surface area contributed by atoms with E-state index in [0.29, 0.717) is 0 Å². The Labute approximate surface area is 324 Å². The van der Waals surface area contributed by atoms with Crippen molar-refractivity contribution in [2.24, 2.45) is 0 Å². The first-order valence-electron chi connectivity index (χ1n) is 19.6. The molecule has 0 atom stereocenters. The number of hydrogen-bond donors (Lipinski definition) is 0. The van der Waals surface area contributed by atoms with Crippen molar-refractivity contribution in [3.63, 3.8) is 0 Å². The first-order valence-corrected chi connectivity index (χ1v) is 19.6. The number of rotatable bonds is 5. The van der Waals surface area contributed by atoms with Gasteiger partial charge >= 0.3 is 0 Å². The molecular weight excluding hydrogens is 659 g/mol. The van der Waals surface area contributed by atoms with Gasteiger partial charge in [-0.05, 0) is 118 Å². The van der Waals surface area contributed by atoms with E-state index in [1.807, 2.05) is 0 Å². The van der Waals surface area contributed by atoms with Gasteiger partial charge in [0, 0.05) is 0 Å². The first-order chi connectivity index (χ1) is 26.8. The molecule has 55 heavy (non-hydrogen) atoms. The number of aryl methyl sites for hydroxylation is 6. The maximum atomic E-state index is 2.57. The van der Waals surface area contributed by atoms with Crippen molar-refractivity contribution in [3.05, 3.63) is 185 Å². The third kappa shape index (κ3) is 5.21. The lowest BCUT2D eigenvalue weighted by Crippen LogP contribution is -2.56. The van der Waals surface area contributed by atoms with Crippen molar-refractivity contribution in [1.82, 2.24) is 0 Å². The normalized spacial score (nSPS) is 11.8. The van der Waals surface area contributed by atoms with Crippen molar-refractivity contribution in [2.45, 2.75) is 41.5 Å². The molecule has 0 bridgehead atoms. The Bertz CT molecular complexity index is 3050. The Morgan fingerprint density at radius 2 is 0.745 bits per heavy atom. The molecule has 0 N–H and O–H groups in total. The van der Waals surface area contributed by atoms with Crippen LogP contribution in [0.2, 0.25) is 0 Å². The second-order valence-corrected chi connectivity index (χ2v) is 16.0. The first kappa shape index (κ1) is 33.4. The molecular formula is C54H43B. The highest BCUT2D eigenvalue weighted by Crippen LogP contribution is 2.44. The molecule has 0 heterocycles. The third-order valence-corrected chi connectivity index (χ3v) is 12.3. The zero-order valence-corrected chi connectivity index (χ0v) is 32.5. The molecule has 262 valence electrons. The maximum Gasteiger partial charge on any atom is 0.243 e. The molecule has 0 saturated carbocycles. The van der Waals surface area contributed by atoms with Crippen LogP contribution in [-0.4, -0.2) is 6.71 Å². The highest BCUT2D eigenvalue weighted by molar-refractivity contribution is 6.98. The summed E-state index contributed by atoms with van der Waals surface area (Å²) in [5.74, 6) is 0. The van der Waals surface area contributed by atoms with E-state index in [0.717, 1.165) is 0 Å². The summed E-state index contributed by atoms with van der Waals surface area (Å²) < 4.78 is 0. The Balaban J connectivity index is 1.40. The Morgan fingerprint density at radius 1 is 0.309 bits per heavy atom. The van der Waals surface area contributed by atoms with Crippen LogP contribution < -0.4 is 16.4 Å². The molecule has 0 saturated heterocycles. The van der Waals surface area contributed by atoms with Crippen LogP contribution in [0.1, 0.15) is 33.4 Å². The quantitative estimate of drug-likeness (QED) is 0.124. The summed E-state index contributed by atoms with van der Waals surface area (Å²) in [6, 6.07) is 57.6. The second kappa shape index (κ2) is 12.7. The number of hydrogen-bond acceptors (Lipinski definition) is 0. The summed E-state index contributed by atoms with van der Waals surface area (Å²) >= 11 is 0. The van der Waals surface area contributed by atoms with Crippen molar-refractivity contribution in [1.29, 1.82) is 0 Å². The predicted octanol–water partition coefficient (Wildman–Crippen LogP) is 12.6. The minimum Gasteiger partial charge on any atom is -0.0629 e. The molecule has 10 aromatic carbocycles. The van der Waals surface area contributed by atoms with Gasteiger partial charge in [0.05, 0.1) is 0 Å². The monoisotopic (exact) mass is 702 g/mol. The largest absolute Gasteiger partial charge is 0.243 e. The van der Waals surface area contributed by atoms with Crippen LogP contribution in [0.25, 0.3) is 76.1 Å². The number of fused-ring (bicyclic) bond motifs is 2. The topological polar surface area (TPSA) is 0 Å². The maximum absolute atomic E-state index is 2.57. The van der Waals surface area contributed by atoms with Gasteiger partial charge in [-0.2, -0.15) is 0 Å². The fourth-order valence-corrected chi connectivity index (χ4v) is 10.3. The van der Waals surface area contributed by atoms with Crippen molar-refractivity contribution < 1.29 is 0 Å². The van der Waals surface area contributed by atoms with Gasteiger partial charge in [0.25, 0.3) is 0 Å². The zero-order chi connectivity index (χ0) is 37.5. The molecule has 0 fully saturated rings. The zero-order valence-electron chi connectivity index (χ0n) is 32.5. The smallest absolute Gasteiger partial charge is 0.0629 e. The van der Waals surface area contributed by atoms with Crippen LogP contribution in [0.5, 0.6) is 0 Å². The van der Waals surface area contributed by atoms with Crippen LogP contribution in [-0.2, 0) is 0 Å². The summed E-state index contributed by atoms with van der Waals surface area (Å²) in [7, 11) is 0. The van der Waals surface area contributed by atoms with E-state index >= 15 is 0 Å². The van der Waals surface area contributed by atoms with E-state index in [1.165, 1.54) is 126 Å². The molecule has 0 amide bonds. The standard InChI is InChI=1S/C54H43B/c1-32-27-34(3)53(35(4)28-32)55(54-36(5)29-33(2)30-37(54)6)50-31-49(44-20-12-16-39-14-8-10-18-42(39)44)47-26-25-46-45(23-21-40-22-24-48(50)52(47)51(40)46)43-19-11-15-38-13-7-9-17-41(38)43/h7-31H,1-6H3. The highest BCUT2D eigenvalue weighted by Gasteiger charge is 2.32. The van der Waals surface area contributed by atoms with Gasteiger partial charge in [-0.3, -0.25) is 0 Å². The highest BCUT2D eigenvalue weighted by atomic mass is 14.2. The van der Waals surface area contributed by atoms with E-state index in [9.17, 15) is 0 Å². The van der Waals surface area contributed by atoms with Crippen molar-refractivity contribution in [3.8, 4) is 22.3 Å². The van der Waals surface area contributed by atoms with Crippen LogP contribution in [0, 0.1) is 41.5 Å². The fourth-order valence-electron chi connectivity index (χ4n) is 10.3. The van der Waals surface area contributed by atoms with Gasteiger partial charge in [-0.25, -0.2) is 0 Å². The van der Waals surface area contributed by atoms with E-state index < -0.39 is 0 Å². The summed E-state index contributed by atoms with van der Waals surface area (Å²) in [6.45, 7) is 13.8. The summed E-state index contributed by atoms with van der Waals surface area (Å²) in [5.41, 5.74) is 17.3. The minimum absolute atomic E-state index is 0.0389. The minimum atomic E-state index is 0.0389.